The molecule has 0 aliphatic rings. The minimum Gasteiger partial charge on any atom is -0.439 e. The Morgan fingerprint density at radius 2 is 1.58 bits per heavy atom. The Morgan fingerprint density at radius 1 is 0.889 bits per heavy atom. The van der Waals surface area contributed by atoms with Gasteiger partial charge in [-0.05, 0) is 74.9 Å². The lowest BCUT2D eigenvalue weighted by Crippen LogP contribution is -2.31. The fraction of sp³-hybridized carbons (Fsp3) is 0.214. The van der Waals surface area contributed by atoms with Crippen LogP contribution in [0.5, 0.6) is 0 Å². The molecule has 0 unspecified atom stereocenters. The van der Waals surface area contributed by atoms with Crippen molar-refractivity contribution in [3.8, 4) is 0 Å². The van der Waals surface area contributed by atoms with E-state index in [-0.39, 0.29) is 22.3 Å². The summed E-state index contributed by atoms with van der Waals surface area (Å²) in [7, 11) is -3.89. The Morgan fingerprint density at radius 3 is 2.19 bits per heavy atom. The van der Waals surface area contributed by atoms with Gasteiger partial charge in [0, 0.05) is 25.0 Å². The summed E-state index contributed by atoms with van der Waals surface area (Å²) in [5.74, 6) is -0.118. The summed E-state index contributed by atoms with van der Waals surface area (Å²) in [4.78, 5) is 21.7. The number of hydrogen-bond donors (Lipinski definition) is 0. The molecule has 0 aliphatic heterocycles. The number of nitrogens with zero attached hydrogens (tertiary/aromatic N) is 3. The highest BCUT2D eigenvalue weighted by molar-refractivity contribution is 7.91. The molecule has 0 fully saturated rings. The van der Waals surface area contributed by atoms with E-state index in [1.165, 1.54) is 29.2 Å². The van der Waals surface area contributed by atoms with Gasteiger partial charge in [0.1, 0.15) is 5.82 Å². The first kappa shape index (κ1) is 25.2. The zero-order chi connectivity index (χ0) is 25.7. The molecule has 0 radical (unpaired) electrons. The van der Waals surface area contributed by atoms with E-state index < -0.39 is 15.7 Å². The summed E-state index contributed by atoms with van der Waals surface area (Å²) in [5, 5.41) is -0.278. The Kier molecular flexibility index (Phi) is 7.55. The molecule has 8 heteroatoms. The van der Waals surface area contributed by atoms with Gasteiger partial charge in [0.2, 0.25) is 14.9 Å². The van der Waals surface area contributed by atoms with E-state index in [4.69, 9.17) is 4.42 Å². The van der Waals surface area contributed by atoms with E-state index in [9.17, 15) is 13.2 Å². The molecule has 0 saturated carbocycles. The maximum absolute atomic E-state index is 13.5. The molecular weight excluding hydrogens is 474 g/mol. The Balaban J connectivity index is 1.63. The van der Waals surface area contributed by atoms with E-state index in [2.05, 4.69) is 23.7 Å². The molecular formula is C28H29N3O4S. The summed E-state index contributed by atoms with van der Waals surface area (Å²) in [5.41, 5.74) is 2.96. The molecule has 0 bridgehead atoms. The second-order valence-corrected chi connectivity index (χ2v) is 10.2. The molecule has 186 valence electrons. The van der Waals surface area contributed by atoms with Crippen LogP contribution in [0.15, 0.2) is 99.5 Å². The first-order chi connectivity index (χ1) is 17.3. The highest BCUT2D eigenvalue weighted by atomic mass is 32.2. The Hall–Kier alpha value is -3.91. The predicted octanol–water partition coefficient (Wildman–Crippen LogP) is 5.51. The fourth-order valence-corrected chi connectivity index (χ4v) is 5.07. The SMILES string of the molecule is CCN(CC)c1ccc(CN(C(=O)c2ccc(S(=O)(=O)c3ccc(C)cc3)o2)c2ccccn2)cc1. The van der Waals surface area contributed by atoms with Gasteiger partial charge >= 0.3 is 0 Å². The number of pyridine rings is 1. The van der Waals surface area contributed by atoms with Crippen LogP contribution in [-0.2, 0) is 16.4 Å². The van der Waals surface area contributed by atoms with Crippen molar-refractivity contribution >= 4 is 27.2 Å². The van der Waals surface area contributed by atoms with Crippen molar-refractivity contribution in [1.29, 1.82) is 0 Å². The monoisotopic (exact) mass is 503 g/mol. The van der Waals surface area contributed by atoms with Crippen LogP contribution in [0.4, 0.5) is 11.5 Å². The highest BCUT2D eigenvalue weighted by Gasteiger charge is 2.27. The number of anilines is 2. The van der Waals surface area contributed by atoms with E-state index in [1.807, 2.05) is 31.2 Å². The minimum atomic E-state index is -3.89. The maximum atomic E-state index is 13.5. The number of aromatic nitrogens is 1. The van der Waals surface area contributed by atoms with Crippen LogP contribution in [0.1, 0.15) is 35.5 Å². The van der Waals surface area contributed by atoms with E-state index in [1.54, 1.807) is 36.5 Å². The van der Waals surface area contributed by atoms with Gasteiger partial charge in [-0.15, -0.1) is 0 Å². The quantitative estimate of drug-likeness (QED) is 0.300. The third kappa shape index (κ3) is 5.33. The van der Waals surface area contributed by atoms with E-state index in [0.717, 1.165) is 29.9 Å². The average molecular weight is 504 g/mol. The van der Waals surface area contributed by atoms with Gasteiger partial charge in [-0.3, -0.25) is 9.69 Å². The topological polar surface area (TPSA) is 83.7 Å². The largest absolute Gasteiger partial charge is 0.439 e. The minimum absolute atomic E-state index is 0.0777. The number of carbonyl (C=O) groups is 1. The molecule has 0 N–H and O–H groups in total. The zero-order valence-electron chi connectivity index (χ0n) is 20.6. The van der Waals surface area contributed by atoms with Crippen molar-refractivity contribution in [2.45, 2.75) is 37.3 Å². The Bertz CT molecular complexity index is 1410. The third-order valence-corrected chi connectivity index (χ3v) is 7.61. The van der Waals surface area contributed by atoms with Gasteiger partial charge in [0.25, 0.3) is 5.91 Å². The van der Waals surface area contributed by atoms with Crippen molar-refractivity contribution in [1.82, 2.24) is 4.98 Å². The second kappa shape index (κ2) is 10.8. The van der Waals surface area contributed by atoms with Crippen LogP contribution in [-0.4, -0.2) is 32.4 Å². The molecule has 0 spiro atoms. The summed E-state index contributed by atoms with van der Waals surface area (Å²) < 4.78 is 31.6. The molecule has 0 atom stereocenters. The average Bonchev–Trinajstić information content (AvgIpc) is 3.41. The summed E-state index contributed by atoms with van der Waals surface area (Å²) >= 11 is 0. The number of carbonyl (C=O) groups excluding carboxylic acids is 1. The van der Waals surface area contributed by atoms with Crippen molar-refractivity contribution in [3.63, 3.8) is 0 Å². The number of rotatable bonds is 9. The molecule has 2 heterocycles. The van der Waals surface area contributed by atoms with Crippen molar-refractivity contribution < 1.29 is 17.6 Å². The number of hydrogen-bond acceptors (Lipinski definition) is 6. The Labute approximate surface area is 211 Å². The summed E-state index contributed by atoms with van der Waals surface area (Å²) in [6.07, 6.45) is 1.61. The molecule has 0 aliphatic carbocycles. The smallest absolute Gasteiger partial charge is 0.295 e. The number of sulfone groups is 1. The van der Waals surface area contributed by atoms with Gasteiger partial charge in [-0.25, -0.2) is 13.4 Å². The molecule has 36 heavy (non-hydrogen) atoms. The van der Waals surface area contributed by atoms with Crippen LogP contribution in [0.3, 0.4) is 0 Å². The lowest BCUT2D eigenvalue weighted by Gasteiger charge is -2.23. The second-order valence-electron chi connectivity index (χ2n) is 8.35. The molecule has 1 amide bonds. The van der Waals surface area contributed by atoms with Crippen LogP contribution in [0.25, 0.3) is 0 Å². The molecule has 0 saturated heterocycles. The molecule has 2 aromatic heterocycles. The normalized spacial score (nSPS) is 11.3. The first-order valence-corrected chi connectivity index (χ1v) is 13.3. The van der Waals surface area contributed by atoms with Crippen LogP contribution in [0, 0.1) is 6.92 Å². The lowest BCUT2D eigenvalue weighted by atomic mass is 10.1. The third-order valence-electron chi connectivity index (χ3n) is 5.96. The summed E-state index contributed by atoms with van der Waals surface area (Å²) in [6, 6.07) is 22.5. The highest BCUT2D eigenvalue weighted by Crippen LogP contribution is 2.26. The number of aryl methyl sites for hydroxylation is 1. The van der Waals surface area contributed by atoms with Crippen molar-refractivity contribution in [2.24, 2.45) is 0 Å². The van der Waals surface area contributed by atoms with Crippen LogP contribution < -0.4 is 9.80 Å². The predicted molar refractivity (Wildman–Crippen MR) is 140 cm³/mol. The van der Waals surface area contributed by atoms with E-state index >= 15 is 0 Å². The molecule has 4 aromatic rings. The zero-order valence-corrected chi connectivity index (χ0v) is 21.4. The van der Waals surface area contributed by atoms with Gasteiger partial charge < -0.3 is 9.32 Å². The molecule has 7 nitrogen and oxygen atoms in total. The lowest BCUT2D eigenvalue weighted by molar-refractivity contribution is 0.0952. The van der Waals surface area contributed by atoms with Gasteiger partial charge in [-0.2, -0.15) is 0 Å². The number of benzene rings is 2. The van der Waals surface area contributed by atoms with Gasteiger partial charge in [-0.1, -0.05) is 35.9 Å². The molecule has 2 aromatic carbocycles. The van der Waals surface area contributed by atoms with Crippen molar-refractivity contribution in [3.05, 3.63) is 102 Å². The first-order valence-electron chi connectivity index (χ1n) is 11.8. The number of amides is 1. The molecule has 4 rings (SSSR count). The maximum Gasteiger partial charge on any atom is 0.295 e. The summed E-state index contributed by atoms with van der Waals surface area (Å²) in [6.45, 7) is 8.14. The van der Waals surface area contributed by atoms with Crippen LogP contribution >= 0.6 is 0 Å². The fourth-order valence-electron chi connectivity index (χ4n) is 3.90. The van der Waals surface area contributed by atoms with E-state index in [0.29, 0.717) is 5.82 Å². The van der Waals surface area contributed by atoms with Gasteiger partial charge in [0.15, 0.2) is 5.76 Å². The van der Waals surface area contributed by atoms with Crippen LogP contribution in [0.2, 0.25) is 0 Å². The van der Waals surface area contributed by atoms with Gasteiger partial charge in [0.05, 0.1) is 11.4 Å². The standard InChI is InChI=1S/C28H29N3O4S/c1-4-30(5-2)23-13-11-22(12-14-23)20-31(26-8-6-7-19-29-26)28(32)25-17-18-27(35-25)36(33,34)24-15-9-21(3)10-16-24/h6-19H,4-5,20H2,1-3H3. The number of furan rings is 1. The van der Waals surface area contributed by atoms with Crippen molar-refractivity contribution in [2.75, 3.05) is 22.9 Å².